The van der Waals surface area contributed by atoms with Crippen LogP contribution in [-0.2, 0) is 11.3 Å². The lowest BCUT2D eigenvalue weighted by atomic mass is 9.98. The number of para-hydroxylation sites is 1. The Bertz CT molecular complexity index is 834. The lowest BCUT2D eigenvalue weighted by Gasteiger charge is -2.22. The van der Waals surface area contributed by atoms with Crippen molar-refractivity contribution in [3.63, 3.8) is 0 Å². The van der Waals surface area contributed by atoms with Crippen molar-refractivity contribution in [3.8, 4) is 0 Å². The fourth-order valence-electron chi connectivity index (χ4n) is 3.16. The van der Waals surface area contributed by atoms with Crippen molar-refractivity contribution in [1.29, 1.82) is 0 Å². The number of halogens is 1. The molecule has 3 amide bonds. The molecular formula is C20H23ClN4O2. The number of nitrogens with one attached hydrogen (secondary N) is 3. The molecule has 0 aliphatic heterocycles. The van der Waals surface area contributed by atoms with Crippen LogP contribution in [0, 0.1) is 0 Å². The minimum absolute atomic E-state index is 0.151. The molecule has 2 aromatic carbocycles. The van der Waals surface area contributed by atoms with Crippen LogP contribution in [0.15, 0.2) is 48.5 Å². The Hall–Kier alpha value is -2.57. The molecule has 0 unspecified atom stereocenters. The minimum atomic E-state index is -0.775. The van der Waals surface area contributed by atoms with Crippen molar-refractivity contribution in [2.24, 2.45) is 5.73 Å². The maximum atomic E-state index is 12.4. The lowest BCUT2D eigenvalue weighted by Crippen LogP contribution is -2.48. The summed E-state index contributed by atoms with van der Waals surface area (Å²) in [5, 5.41) is 8.83. The van der Waals surface area contributed by atoms with E-state index in [4.69, 9.17) is 17.3 Å². The van der Waals surface area contributed by atoms with E-state index in [2.05, 4.69) is 16.0 Å². The second-order valence-electron chi connectivity index (χ2n) is 6.81. The van der Waals surface area contributed by atoms with Crippen molar-refractivity contribution >= 4 is 34.9 Å². The van der Waals surface area contributed by atoms with E-state index in [-0.39, 0.29) is 11.9 Å². The Balaban J connectivity index is 1.55. The van der Waals surface area contributed by atoms with Crippen molar-refractivity contribution < 1.29 is 9.59 Å². The molecule has 0 bridgehead atoms. The van der Waals surface area contributed by atoms with E-state index in [1.54, 1.807) is 24.3 Å². The van der Waals surface area contributed by atoms with Gasteiger partial charge in [0.2, 0.25) is 5.91 Å². The van der Waals surface area contributed by atoms with Gasteiger partial charge in [-0.15, -0.1) is 0 Å². The predicted molar refractivity (Wildman–Crippen MR) is 108 cm³/mol. The van der Waals surface area contributed by atoms with Gasteiger partial charge in [-0.1, -0.05) is 48.7 Å². The number of urea groups is 1. The van der Waals surface area contributed by atoms with Crippen LogP contribution in [0.2, 0.25) is 5.02 Å². The summed E-state index contributed by atoms with van der Waals surface area (Å²) in [4.78, 5) is 24.5. The van der Waals surface area contributed by atoms with Crippen molar-refractivity contribution in [1.82, 2.24) is 5.32 Å². The minimum Gasteiger partial charge on any atom is -0.334 e. The Morgan fingerprint density at radius 1 is 1.04 bits per heavy atom. The second kappa shape index (κ2) is 8.41. The first-order valence-electron chi connectivity index (χ1n) is 8.95. The summed E-state index contributed by atoms with van der Waals surface area (Å²) in [5.41, 5.74) is 7.48. The molecule has 2 aromatic rings. The van der Waals surface area contributed by atoms with Gasteiger partial charge in [-0.2, -0.15) is 0 Å². The summed E-state index contributed by atoms with van der Waals surface area (Å²) in [6.07, 6.45) is 3.38. The number of amides is 3. The van der Waals surface area contributed by atoms with Crippen LogP contribution in [0.1, 0.15) is 31.2 Å². The summed E-state index contributed by atoms with van der Waals surface area (Å²) in [7, 11) is 0. The topological polar surface area (TPSA) is 96.2 Å². The Kier molecular flexibility index (Phi) is 5.98. The summed E-state index contributed by atoms with van der Waals surface area (Å²) in [6, 6.07) is 14.0. The van der Waals surface area contributed by atoms with Crippen LogP contribution in [0.3, 0.4) is 0 Å². The Labute approximate surface area is 163 Å². The van der Waals surface area contributed by atoms with Crippen LogP contribution >= 0.6 is 11.6 Å². The van der Waals surface area contributed by atoms with Crippen molar-refractivity contribution in [3.05, 3.63) is 59.1 Å². The molecule has 6 nitrogen and oxygen atoms in total. The van der Waals surface area contributed by atoms with Gasteiger partial charge in [-0.3, -0.25) is 4.79 Å². The zero-order valence-electron chi connectivity index (χ0n) is 14.9. The van der Waals surface area contributed by atoms with E-state index in [9.17, 15) is 9.59 Å². The average Bonchev–Trinajstić information content (AvgIpc) is 3.10. The lowest BCUT2D eigenvalue weighted by molar-refractivity contribution is -0.121. The van der Waals surface area contributed by atoms with Crippen LogP contribution in [0.4, 0.5) is 16.2 Å². The number of nitrogens with two attached hydrogens (primary N) is 1. The highest BCUT2D eigenvalue weighted by Crippen LogP contribution is 2.28. The van der Waals surface area contributed by atoms with Crippen LogP contribution < -0.4 is 21.7 Å². The summed E-state index contributed by atoms with van der Waals surface area (Å²) >= 11 is 6.03. The Morgan fingerprint density at radius 2 is 1.78 bits per heavy atom. The average molecular weight is 387 g/mol. The summed E-state index contributed by atoms with van der Waals surface area (Å²) < 4.78 is 0. The largest absolute Gasteiger partial charge is 0.334 e. The molecular weight excluding hydrogens is 364 g/mol. The molecule has 142 valence electrons. The molecule has 7 heteroatoms. The fourth-order valence-corrected chi connectivity index (χ4v) is 3.34. The molecule has 1 aliphatic carbocycles. The standard InChI is InChI=1S/C20H23ClN4O2/c21-16-8-1-2-9-17(16)25-19(27)23-13-14-6-5-7-15(12-14)24-18(26)20(22)10-3-4-11-20/h1-2,5-9,12H,3-4,10-11,13,22H2,(H,24,26)(H2,23,25,27). The van der Waals surface area contributed by atoms with E-state index in [0.29, 0.717) is 35.8 Å². The first kappa shape index (κ1) is 19.2. The molecule has 27 heavy (non-hydrogen) atoms. The van der Waals surface area contributed by atoms with E-state index in [1.807, 2.05) is 24.3 Å². The highest BCUT2D eigenvalue weighted by atomic mass is 35.5. The zero-order chi connectivity index (χ0) is 19.3. The first-order chi connectivity index (χ1) is 13.0. The van der Waals surface area contributed by atoms with Gasteiger partial charge in [-0.05, 0) is 42.7 Å². The molecule has 1 aliphatic rings. The molecule has 0 aromatic heterocycles. The van der Waals surface area contributed by atoms with Crippen LogP contribution in [0.5, 0.6) is 0 Å². The Morgan fingerprint density at radius 3 is 2.52 bits per heavy atom. The molecule has 0 spiro atoms. The number of benzene rings is 2. The molecule has 1 fully saturated rings. The van der Waals surface area contributed by atoms with Gasteiger partial charge in [0.1, 0.15) is 0 Å². The molecule has 5 N–H and O–H groups in total. The zero-order valence-corrected chi connectivity index (χ0v) is 15.7. The van der Waals surface area contributed by atoms with Crippen molar-refractivity contribution in [2.45, 2.75) is 37.8 Å². The van der Waals surface area contributed by atoms with E-state index < -0.39 is 5.54 Å². The number of carbonyl (C=O) groups is 2. The normalized spacial score (nSPS) is 15.2. The highest BCUT2D eigenvalue weighted by molar-refractivity contribution is 6.33. The third-order valence-electron chi connectivity index (χ3n) is 4.71. The quantitative estimate of drug-likeness (QED) is 0.628. The number of anilines is 2. The van der Waals surface area contributed by atoms with E-state index in [1.165, 1.54) is 0 Å². The monoisotopic (exact) mass is 386 g/mol. The second-order valence-corrected chi connectivity index (χ2v) is 7.21. The van der Waals surface area contributed by atoms with Gasteiger partial charge in [0.25, 0.3) is 0 Å². The predicted octanol–water partition coefficient (Wildman–Crippen LogP) is 3.87. The molecule has 0 radical (unpaired) electrons. The smallest absolute Gasteiger partial charge is 0.319 e. The van der Waals surface area contributed by atoms with Gasteiger partial charge in [0, 0.05) is 12.2 Å². The van der Waals surface area contributed by atoms with Gasteiger partial charge in [-0.25, -0.2) is 4.79 Å². The number of hydrogen-bond acceptors (Lipinski definition) is 3. The molecule has 0 saturated heterocycles. The third-order valence-corrected chi connectivity index (χ3v) is 5.04. The SMILES string of the molecule is NC1(C(=O)Nc2cccc(CNC(=O)Nc3ccccc3Cl)c2)CCCC1. The maximum Gasteiger partial charge on any atom is 0.319 e. The van der Waals surface area contributed by atoms with E-state index >= 15 is 0 Å². The van der Waals surface area contributed by atoms with Crippen LogP contribution in [-0.4, -0.2) is 17.5 Å². The molecule has 3 rings (SSSR count). The molecule has 0 atom stereocenters. The number of carbonyl (C=O) groups excluding carboxylic acids is 2. The van der Waals surface area contributed by atoms with Crippen molar-refractivity contribution in [2.75, 3.05) is 10.6 Å². The molecule has 0 heterocycles. The fraction of sp³-hybridized carbons (Fsp3) is 0.300. The van der Waals surface area contributed by atoms with Gasteiger partial charge in [0.05, 0.1) is 16.2 Å². The number of rotatable bonds is 5. The highest BCUT2D eigenvalue weighted by Gasteiger charge is 2.36. The molecule has 1 saturated carbocycles. The summed E-state index contributed by atoms with van der Waals surface area (Å²) in [5.74, 6) is -0.151. The number of hydrogen-bond donors (Lipinski definition) is 4. The van der Waals surface area contributed by atoms with Gasteiger partial charge in [0.15, 0.2) is 0 Å². The van der Waals surface area contributed by atoms with Crippen LogP contribution in [0.25, 0.3) is 0 Å². The first-order valence-corrected chi connectivity index (χ1v) is 9.33. The summed E-state index contributed by atoms with van der Waals surface area (Å²) in [6.45, 7) is 0.313. The third kappa shape index (κ3) is 4.99. The maximum absolute atomic E-state index is 12.4. The van der Waals surface area contributed by atoms with Gasteiger partial charge >= 0.3 is 6.03 Å². The van der Waals surface area contributed by atoms with Gasteiger partial charge < -0.3 is 21.7 Å². The van der Waals surface area contributed by atoms with E-state index in [0.717, 1.165) is 18.4 Å².